The number of aliphatic imine (C=N–C) groups is 1. The van der Waals surface area contributed by atoms with Crippen molar-refractivity contribution >= 4 is 79.7 Å². The third kappa shape index (κ3) is 19.1. The summed E-state index contributed by atoms with van der Waals surface area (Å²) in [5, 5.41) is 3.79. The minimum atomic E-state index is -5.45. The molecule has 3 aliphatic heterocycles. The van der Waals surface area contributed by atoms with Gasteiger partial charge in [0, 0.05) is 51.5 Å². The Kier molecular flexibility index (Phi) is 22.4. The van der Waals surface area contributed by atoms with Crippen LogP contribution in [0.1, 0.15) is 116 Å². The quantitative estimate of drug-likeness (QED) is 0.0174. The van der Waals surface area contributed by atoms with Crippen molar-refractivity contribution in [2.75, 3.05) is 37.1 Å². The number of amides is 1. The number of halogens is 1. The number of fused-ring (bicyclic) bond motifs is 2. The number of allylic oxidation sites excluding steroid dienone is 6. The van der Waals surface area contributed by atoms with Crippen molar-refractivity contribution in [2.24, 2.45) is 4.99 Å². The smallest absolute Gasteiger partial charge is 0.373 e. The summed E-state index contributed by atoms with van der Waals surface area (Å²) in [6.07, 6.45) is 12.3. The van der Waals surface area contributed by atoms with Crippen LogP contribution in [-0.2, 0) is 51.9 Å². The van der Waals surface area contributed by atoms with E-state index in [0.717, 1.165) is 43.6 Å². The van der Waals surface area contributed by atoms with Gasteiger partial charge in [-0.2, -0.15) is 8.62 Å². The summed E-state index contributed by atoms with van der Waals surface area (Å²) in [5.74, 6) is 6.42. The highest BCUT2D eigenvalue weighted by Crippen LogP contribution is 2.66. The fourth-order valence-electron chi connectivity index (χ4n) is 7.84. The Hall–Kier alpha value is -2.52. The number of hydrogen-bond acceptors (Lipinski definition) is 13. The zero-order valence-electron chi connectivity index (χ0n) is 41.6. The van der Waals surface area contributed by atoms with Crippen molar-refractivity contribution in [3.05, 3.63) is 93.7 Å². The fourth-order valence-corrected chi connectivity index (χ4v) is 13.1. The number of hydrogen-bond donors (Lipinski definition) is 5. The van der Waals surface area contributed by atoms with Crippen molar-refractivity contribution in [3.63, 3.8) is 0 Å². The van der Waals surface area contributed by atoms with Crippen LogP contribution in [0, 0.1) is 25.7 Å². The van der Waals surface area contributed by atoms with E-state index in [-0.39, 0.29) is 34.2 Å². The lowest BCUT2D eigenvalue weighted by molar-refractivity contribution is -0.121. The summed E-state index contributed by atoms with van der Waals surface area (Å²) in [4.78, 5) is 54.7. The molecule has 1 fully saturated rings. The number of carbonyl (C=O) groups excluding carboxylic acids is 1. The Morgan fingerprint density at radius 1 is 0.986 bits per heavy atom. The lowest BCUT2D eigenvalue weighted by Gasteiger charge is -2.27. The first-order chi connectivity index (χ1) is 32.5. The van der Waals surface area contributed by atoms with E-state index in [0.29, 0.717) is 37.0 Å². The molecule has 16 nitrogen and oxygen atoms in total. The summed E-state index contributed by atoms with van der Waals surface area (Å²) in [6, 6.07) is 13.2. The number of nitrogens with one attached hydrogen (secondary N) is 1. The normalized spacial score (nSPS) is 20.7. The molecular formula is C48H69ClN3O13P3S2. The lowest BCUT2D eigenvalue weighted by atomic mass is 9.81. The van der Waals surface area contributed by atoms with Crippen LogP contribution in [0.25, 0.3) is 0 Å². The van der Waals surface area contributed by atoms with E-state index < -0.39 is 29.6 Å². The number of rotatable bonds is 23. The zero-order chi connectivity index (χ0) is 52.1. The molecule has 2 aromatic rings. The highest BCUT2D eigenvalue weighted by molar-refractivity contribution is 8.77. The van der Waals surface area contributed by atoms with Gasteiger partial charge < -0.3 is 39.3 Å². The predicted octanol–water partition coefficient (Wildman–Crippen LogP) is 11.8. The molecule has 0 aliphatic carbocycles. The van der Waals surface area contributed by atoms with Crippen LogP contribution in [0.3, 0.4) is 0 Å². The Morgan fingerprint density at radius 2 is 1.67 bits per heavy atom. The van der Waals surface area contributed by atoms with Gasteiger partial charge in [-0.15, -0.1) is 5.92 Å². The number of benzene rings is 2. The molecule has 0 bridgehead atoms. The molecule has 70 heavy (non-hydrogen) atoms. The summed E-state index contributed by atoms with van der Waals surface area (Å²) in [7, 11) is -12.5. The lowest BCUT2D eigenvalue weighted by Crippen LogP contribution is -2.35. The van der Waals surface area contributed by atoms with Crippen molar-refractivity contribution in [1.29, 1.82) is 0 Å². The van der Waals surface area contributed by atoms with Crippen LogP contribution in [0.4, 0.5) is 11.4 Å². The Bertz CT molecular complexity index is 2500. The molecule has 4 atom stereocenters. The van der Waals surface area contributed by atoms with Gasteiger partial charge in [-0.25, -0.2) is 13.7 Å². The second-order valence-corrected chi connectivity index (χ2v) is 26.7. The molecule has 22 heteroatoms. The highest BCUT2D eigenvalue weighted by Gasteiger charge is 2.42. The van der Waals surface area contributed by atoms with Crippen molar-refractivity contribution in [1.82, 2.24) is 5.32 Å². The SMILES string of the molecule is CC#CCOCSSC(C)(C)CNC(=O)CCCCCN1/C(=C/C=C(Cl)/C=C/C2=Nc3ccc(C)cc3C2(C)C)C(C)(C)c2cc(C)ccc21.C[C@H]1CC[C@@H](COP(=O)(O)OP(=O)(O)OP(=O)(O)O)O1. The number of phosphoric ester groups is 1. The Morgan fingerprint density at radius 3 is 2.33 bits per heavy atom. The maximum atomic E-state index is 12.7. The van der Waals surface area contributed by atoms with Crippen LogP contribution in [0.5, 0.6) is 0 Å². The average Bonchev–Trinajstić information content (AvgIpc) is 3.85. The highest BCUT2D eigenvalue weighted by atomic mass is 35.5. The van der Waals surface area contributed by atoms with Crippen molar-refractivity contribution in [2.45, 2.75) is 136 Å². The number of anilines is 1. The van der Waals surface area contributed by atoms with E-state index in [1.807, 2.05) is 19.1 Å². The number of unbranched alkanes of at least 4 members (excludes halogenated alkanes) is 2. The number of aryl methyl sites for hydroxylation is 2. The van der Waals surface area contributed by atoms with Crippen LogP contribution >= 0.6 is 56.7 Å². The predicted molar refractivity (Wildman–Crippen MR) is 282 cm³/mol. The van der Waals surface area contributed by atoms with Gasteiger partial charge in [-0.1, -0.05) is 109 Å². The van der Waals surface area contributed by atoms with Gasteiger partial charge in [-0.3, -0.25) is 14.3 Å². The molecule has 2 aromatic carbocycles. The fraction of sp³-hybridized carbons (Fsp3) is 0.542. The second-order valence-electron chi connectivity index (χ2n) is 18.9. The molecule has 0 aromatic heterocycles. The molecule has 0 radical (unpaired) electrons. The Labute approximate surface area is 426 Å². The summed E-state index contributed by atoms with van der Waals surface area (Å²) in [6.45, 7) is 22.8. The van der Waals surface area contributed by atoms with Gasteiger partial charge in [-0.05, 0) is 115 Å². The first-order valence-electron chi connectivity index (χ1n) is 22.9. The van der Waals surface area contributed by atoms with Gasteiger partial charge in [0.25, 0.3) is 0 Å². The summed E-state index contributed by atoms with van der Waals surface area (Å²) in [5.41, 5.74) is 9.26. The Balaban J connectivity index is 0.000000445. The van der Waals surface area contributed by atoms with Gasteiger partial charge >= 0.3 is 23.5 Å². The number of ether oxygens (including phenoxy) is 2. The van der Waals surface area contributed by atoms with Gasteiger partial charge in [0.15, 0.2) is 0 Å². The minimum Gasteiger partial charge on any atom is -0.373 e. The number of phosphoric acid groups is 3. The number of carbonyl (C=O) groups is 1. The molecule has 0 saturated carbocycles. The summed E-state index contributed by atoms with van der Waals surface area (Å²) < 4.78 is 54.9. The first-order valence-corrected chi connectivity index (χ1v) is 30.1. The van der Waals surface area contributed by atoms with Crippen LogP contribution in [-0.4, -0.2) is 80.4 Å². The standard InChI is InChI=1S/C42H54ClN3O2S2.C6H15O11P3/c1-10-11-25-48-29-49-50-40(4,5)28-44-39(47)15-13-12-14-24-46-36-21-17-31(3)27-34(36)42(8,9)38(46)23-19-32(43)18-22-37-41(6,7)33-26-30(2)16-20-35(33)45-37;1-5-2-3-6(15-5)4-14-19(10,11)17-20(12,13)16-18(7,8)9/h16-23,26-27H,12-15,24-25,28-29H2,1-9H3,(H,44,47);5-6H,2-4H2,1H3,(H,10,11)(H,12,13)(H2,7,8,9)/b22-18+,32-19-,38-23+;/t;5-,6-/m.0/s1. The van der Waals surface area contributed by atoms with Crippen LogP contribution in [0.2, 0.25) is 0 Å². The topological polar surface area (TPSA) is 223 Å². The van der Waals surface area contributed by atoms with E-state index in [1.165, 1.54) is 33.6 Å². The van der Waals surface area contributed by atoms with E-state index in [4.69, 9.17) is 45.6 Å². The van der Waals surface area contributed by atoms with E-state index in [2.05, 4.69) is 139 Å². The van der Waals surface area contributed by atoms with Gasteiger partial charge in [0.2, 0.25) is 5.91 Å². The molecule has 3 aliphatic rings. The molecule has 388 valence electrons. The maximum absolute atomic E-state index is 12.7. The van der Waals surface area contributed by atoms with E-state index in [1.54, 1.807) is 28.5 Å². The molecule has 3 heterocycles. The largest absolute Gasteiger partial charge is 0.490 e. The molecule has 1 saturated heterocycles. The molecule has 1 amide bonds. The monoisotopic (exact) mass is 1090 g/mol. The van der Waals surface area contributed by atoms with Crippen molar-refractivity contribution < 1.29 is 60.7 Å². The molecular weight excluding hydrogens is 1020 g/mol. The number of nitrogens with zero attached hydrogens (tertiary/aromatic N) is 2. The molecule has 2 unspecified atom stereocenters. The van der Waals surface area contributed by atoms with E-state index in [9.17, 15) is 18.5 Å². The average molecular weight is 1090 g/mol. The molecule has 0 spiro atoms. The van der Waals surface area contributed by atoms with Gasteiger partial charge in [0.05, 0.1) is 30.2 Å². The minimum absolute atomic E-state index is 0.0375. The van der Waals surface area contributed by atoms with Gasteiger partial charge in [0.1, 0.15) is 12.5 Å². The maximum Gasteiger partial charge on any atom is 0.490 e. The third-order valence-corrected chi connectivity index (χ3v) is 18.5. The van der Waals surface area contributed by atoms with E-state index >= 15 is 0 Å². The first kappa shape index (κ1) is 60.0. The second kappa shape index (κ2) is 26.1. The van der Waals surface area contributed by atoms with Crippen LogP contribution < -0.4 is 10.2 Å². The zero-order valence-corrected chi connectivity index (χ0v) is 46.7. The third-order valence-electron chi connectivity index (χ3n) is 11.5. The van der Waals surface area contributed by atoms with Crippen LogP contribution in [0.15, 0.2) is 76.4 Å². The van der Waals surface area contributed by atoms with Crippen molar-refractivity contribution in [3.8, 4) is 11.8 Å². The molecule has 5 N–H and O–H groups in total. The molecule has 5 rings (SSSR count). The summed E-state index contributed by atoms with van der Waals surface area (Å²) >= 11 is 6.83.